The number of nitrogens with one attached hydrogen (secondary N) is 1. The number of hydrogen-bond acceptors (Lipinski definition) is 4. The van der Waals surface area contributed by atoms with Crippen molar-refractivity contribution in [1.29, 1.82) is 0 Å². The Morgan fingerprint density at radius 3 is 2.47 bits per heavy atom. The standard InChI is InChI=1S/C13H18N2O4/c1-7-6-10(8(2)16)4-5-11(7)19-9(3)12(17)15-13(14)18/h4-6,8-9,16H,1-3H3,(H3,14,15,17,18)/t8-,9?/m1/s1. The number of aliphatic hydroxyl groups is 1. The van der Waals surface area contributed by atoms with Crippen LogP contribution in [0.1, 0.15) is 31.1 Å². The highest BCUT2D eigenvalue weighted by molar-refractivity contribution is 5.95. The number of urea groups is 1. The molecule has 19 heavy (non-hydrogen) atoms. The molecule has 0 heterocycles. The lowest BCUT2D eigenvalue weighted by Crippen LogP contribution is -2.42. The van der Waals surface area contributed by atoms with Crippen LogP contribution in [0.3, 0.4) is 0 Å². The van der Waals surface area contributed by atoms with E-state index in [9.17, 15) is 14.7 Å². The number of nitrogens with two attached hydrogens (primary N) is 1. The molecule has 0 aliphatic heterocycles. The van der Waals surface area contributed by atoms with E-state index in [4.69, 9.17) is 10.5 Å². The van der Waals surface area contributed by atoms with Gasteiger partial charge in [0, 0.05) is 0 Å². The molecule has 1 aromatic rings. The van der Waals surface area contributed by atoms with Crippen LogP contribution < -0.4 is 15.8 Å². The average Bonchev–Trinajstić information content (AvgIpc) is 2.30. The number of aryl methyl sites for hydroxylation is 1. The lowest BCUT2D eigenvalue weighted by molar-refractivity contribution is -0.126. The minimum absolute atomic E-state index is 0.511. The Labute approximate surface area is 111 Å². The maximum Gasteiger partial charge on any atom is 0.318 e. The van der Waals surface area contributed by atoms with Crippen LogP contribution in [-0.2, 0) is 4.79 Å². The summed E-state index contributed by atoms with van der Waals surface area (Å²) in [5.74, 6) is -0.0944. The highest BCUT2D eigenvalue weighted by Crippen LogP contribution is 2.23. The molecule has 0 radical (unpaired) electrons. The maximum atomic E-state index is 11.5. The third-order valence-corrected chi connectivity index (χ3v) is 2.60. The number of aliphatic hydroxyl groups excluding tert-OH is 1. The van der Waals surface area contributed by atoms with Crippen LogP contribution in [0.15, 0.2) is 18.2 Å². The van der Waals surface area contributed by atoms with Crippen molar-refractivity contribution in [3.8, 4) is 5.75 Å². The molecule has 1 aromatic carbocycles. The van der Waals surface area contributed by atoms with Gasteiger partial charge in [0.05, 0.1) is 6.10 Å². The summed E-state index contributed by atoms with van der Waals surface area (Å²) in [5, 5.41) is 11.4. The monoisotopic (exact) mass is 266 g/mol. The van der Waals surface area contributed by atoms with Gasteiger partial charge in [0.1, 0.15) is 5.75 Å². The fourth-order valence-corrected chi connectivity index (χ4v) is 1.53. The van der Waals surface area contributed by atoms with E-state index >= 15 is 0 Å². The fraction of sp³-hybridized carbons (Fsp3) is 0.385. The van der Waals surface area contributed by atoms with E-state index in [1.807, 2.05) is 5.32 Å². The summed E-state index contributed by atoms with van der Waals surface area (Å²) in [6, 6.07) is 4.25. The van der Waals surface area contributed by atoms with Gasteiger partial charge in [-0.2, -0.15) is 0 Å². The van der Waals surface area contributed by atoms with Crippen molar-refractivity contribution >= 4 is 11.9 Å². The lowest BCUT2D eigenvalue weighted by Gasteiger charge is -2.16. The van der Waals surface area contributed by atoms with Gasteiger partial charge in [-0.15, -0.1) is 0 Å². The van der Waals surface area contributed by atoms with Gasteiger partial charge in [-0.25, -0.2) is 4.79 Å². The molecule has 0 bridgehead atoms. The predicted octanol–water partition coefficient (Wildman–Crippen LogP) is 1.01. The second-order valence-electron chi connectivity index (χ2n) is 4.31. The van der Waals surface area contributed by atoms with Gasteiger partial charge in [-0.3, -0.25) is 10.1 Å². The quantitative estimate of drug-likeness (QED) is 0.756. The van der Waals surface area contributed by atoms with Crippen LogP contribution in [0, 0.1) is 6.92 Å². The van der Waals surface area contributed by atoms with E-state index in [1.54, 1.807) is 32.0 Å². The molecule has 1 unspecified atom stereocenters. The Kier molecular flexibility index (Phi) is 4.88. The lowest BCUT2D eigenvalue weighted by atomic mass is 10.1. The van der Waals surface area contributed by atoms with Gasteiger partial charge in [-0.1, -0.05) is 6.07 Å². The highest BCUT2D eigenvalue weighted by Gasteiger charge is 2.17. The number of benzene rings is 1. The van der Waals surface area contributed by atoms with Gasteiger partial charge in [0.2, 0.25) is 0 Å². The Balaban J connectivity index is 2.77. The van der Waals surface area contributed by atoms with E-state index in [0.29, 0.717) is 5.75 Å². The van der Waals surface area contributed by atoms with Gasteiger partial charge in [0.15, 0.2) is 6.10 Å². The summed E-state index contributed by atoms with van der Waals surface area (Å²) in [6.07, 6.45) is -1.41. The SMILES string of the molecule is Cc1cc([C@@H](C)O)ccc1OC(C)C(=O)NC(N)=O. The average molecular weight is 266 g/mol. The van der Waals surface area contributed by atoms with Crippen LogP contribution in [0.2, 0.25) is 0 Å². The molecule has 3 amide bonds. The molecule has 0 aromatic heterocycles. The topological polar surface area (TPSA) is 102 Å². The zero-order valence-corrected chi connectivity index (χ0v) is 11.1. The van der Waals surface area contributed by atoms with Gasteiger partial charge >= 0.3 is 6.03 Å². The molecule has 0 spiro atoms. The summed E-state index contributed by atoms with van der Waals surface area (Å²) in [5.41, 5.74) is 6.41. The molecular weight excluding hydrogens is 248 g/mol. The number of ether oxygens (including phenoxy) is 1. The summed E-state index contributed by atoms with van der Waals surface area (Å²) in [4.78, 5) is 22.0. The molecule has 0 aliphatic rings. The molecule has 0 saturated heterocycles. The van der Waals surface area contributed by atoms with E-state index in [-0.39, 0.29) is 0 Å². The number of hydrogen-bond donors (Lipinski definition) is 3. The fourth-order valence-electron chi connectivity index (χ4n) is 1.53. The number of carbonyl (C=O) groups is 2. The largest absolute Gasteiger partial charge is 0.481 e. The van der Waals surface area contributed by atoms with Crippen molar-refractivity contribution in [2.24, 2.45) is 5.73 Å². The van der Waals surface area contributed by atoms with E-state index < -0.39 is 24.1 Å². The first kappa shape index (κ1) is 15.0. The Morgan fingerprint density at radius 2 is 2.00 bits per heavy atom. The minimum atomic E-state index is -0.915. The molecule has 0 fully saturated rings. The van der Waals surface area contributed by atoms with Gasteiger partial charge in [0.25, 0.3) is 5.91 Å². The van der Waals surface area contributed by atoms with Crippen molar-refractivity contribution < 1.29 is 19.4 Å². The Hall–Kier alpha value is -2.08. The number of carbonyl (C=O) groups excluding carboxylic acids is 2. The molecule has 6 nitrogen and oxygen atoms in total. The number of rotatable bonds is 4. The molecule has 2 atom stereocenters. The normalized spacial score (nSPS) is 13.5. The first-order valence-electron chi connectivity index (χ1n) is 5.87. The second kappa shape index (κ2) is 6.19. The van der Waals surface area contributed by atoms with Crippen molar-refractivity contribution in [2.75, 3.05) is 0 Å². The van der Waals surface area contributed by atoms with Crippen molar-refractivity contribution in [3.05, 3.63) is 29.3 Å². The molecule has 6 heteroatoms. The molecule has 1 rings (SSSR count). The molecule has 104 valence electrons. The van der Waals surface area contributed by atoms with E-state index in [1.165, 1.54) is 6.92 Å². The predicted molar refractivity (Wildman–Crippen MR) is 69.6 cm³/mol. The Bertz CT molecular complexity index is 486. The van der Waals surface area contributed by atoms with Crippen LogP contribution >= 0.6 is 0 Å². The molecule has 0 aliphatic carbocycles. The highest BCUT2D eigenvalue weighted by atomic mass is 16.5. The van der Waals surface area contributed by atoms with Gasteiger partial charge in [-0.05, 0) is 44.0 Å². The molecule has 0 saturated carbocycles. The van der Waals surface area contributed by atoms with Crippen LogP contribution in [0.5, 0.6) is 5.75 Å². The van der Waals surface area contributed by atoms with E-state index in [2.05, 4.69) is 0 Å². The third kappa shape index (κ3) is 4.26. The van der Waals surface area contributed by atoms with Crippen LogP contribution in [-0.4, -0.2) is 23.1 Å². The zero-order valence-electron chi connectivity index (χ0n) is 11.1. The number of imide groups is 1. The van der Waals surface area contributed by atoms with Crippen molar-refractivity contribution in [2.45, 2.75) is 33.0 Å². The number of primary amides is 1. The van der Waals surface area contributed by atoms with Gasteiger partial charge < -0.3 is 15.6 Å². The number of amides is 3. The third-order valence-electron chi connectivity index (χ3n) is 2.60. The zero-order chi connectivity index (χ0) is 14.6. The minimum Gasteiger partial charge on any atom is -0.481 e. The first-order chi connectivity index (χ1) is 8.81. The van der Waals surface area contributed by atoms with Crippen LogP contribution in [0.4, 0.5) is 4.79 Å². The van der Waals surface area contributed by atoms with Crippen molar-refractivity contribution in [1.82, 2.24) is 5.32 Å². The Morgan fingerprint density at radius 1 is 1.37 bits per heavy atom. The first-order valence-corrected chi connectivity index (χ1v) is 5.87. The summed E-state index contributed by atoms with van der Waals surface area (Å²) in [7, 11) is 0. The maximum absolute atomic E-state index is 11.5. The summed E-state index contributed by atoms with van der Waals surface area (Å²) >= 11 is 0. The summed E-state index contributed by atoms with van der Waals surface area (Å²) < 4.78 is 5.44. The molecule has 4 N–H and O–H groups in total. The summed E-state index contributed by atoms with van der Waals surface area (Å²) in [6.45, 7) is 4.98. The van der Waals surface area contributed by atoms with E-state index in [0.717, 1.165) is 11.1 Å². The van der Waals surface area contributed by atoms with Crippen LogP contribution in [0.25, 0.3) is 0 Å². The van der Waals surface area contributed by atoms with Crippen molar-refractivity contribution in [3.63, 3.8) is 0 Å². The second-order valence-corrected chi connectivity index (χ2v) is 4.31. The molecular formula is C13H18N2O4. The smallest absolute Gasteiger partial charge is 0.318 e.